The van der Waals surface area contributed by atoms with E-state index >= 15 is 0 Å². The van der Waals surface area contributed by atoms with Crippen LogP contribution in [0, 0.1) is 18.3 Å². The Balaban J connectivity index is 1.85. The van der Waals surface area contributed by atoms with Crippen LogP contribution in [0.4, 0.5) is 0 Å². The number of hydrogen-bond acceptors (Lipinski definition) is 8. The number of thiazole rings is 1. The Morgan fingerprint density at radius 1 is 1.12 bits per heavy atom. The van der Waals surface area contributed by atoms with E-state index in [1.54, 1.807) is 19.1 Å². The topological polar surface area (TPSA) is 103 Å². The Labute approximate surface area is 196 Å². The standard InChI is InChI=1S/C24H25N3O5S/c1-6-32-17-9-7-15(8-10-17)24-26-14(2)22(33-24)23(28)27-18(13-25)16-11-19(29-3)21(31-5)20(12-16)30-4/h7-12,18H,6H2,1-5H3,(H,27,28). The smallest absolute Gasteiger partial charge is 0.264 e. The summed E-state index contributed by atoms with van der Waals surface area (Å²) in [5.74, 6) is 1.59. The van der Waals surface area contributed by atoms with Crippen LogP contribution in [0.1, 0.15) is 33.9 Å². The monoisotopic (exact) mass is 467 g/mol. The highest BCUT2D eigenvalue weighted by atomic mass is 32.1. The summed E-state index contributed by atoms with van der Waals surface area (Å²) in [6, 6.07) is 12.0. The summed E-state index contributed by atoms with van der Waals surface area (Å²) in [5.41, 5.74) is 1.98. The van der Waals surface area contributed by atoms with Crippen molar-refractivity contribution in [3.05, 3.63) is 52.5 Å². The molecule has 0 saturated carbocycles. The molecule has 1 amide bonds. The molecule has 2 aromatic carbocycles. The van der Waals surface area contributed by atoms with Gasteiger partial charge >= 0.3 is 0 Å². The van der Waals surface area contributed by atoms with Crippen molar-refractivity contribution < 1.29 is 23.7 Å². The Morgan fingerprint density at radius 3 is 2.27 bits per heavy atom. The lowest BCUT2D eigenvalue weighted by atomic mass is 10.1. The van der Waals surface area contributed by atoms with Crippen LogP contribution in [0.3, 0.4) is 0 Å². The second-order valence-electron chi connectivity index (χ2n) is 6.89. The zero-order chi connectivity index (χ0) is 24.0. The molecule has 0 aliphatic rings. The highest BCUT2D eigenvalue weighted by Crippen LogP contribution is 2.39. The molecular weight excluding hydrogens is 442 g/mol. The van der Waals surface area contributed by atoms with E-state index in [0.717, 1.165) is 11.3 Å². The van der Waals surface area contributed by atoms with Crippen LogP contribution in [0.2, 0.25) is 0 Å². The summed E-state index contributed by atoms with van der Waals surface area (Å²) in [6.07, 6.45) is 0. The predicted octanol–water partition coefficient (Wildman–Crippen LogP) is 4.54. The number of methoxy groups -OCH3 is 3. The molecule has 33 heavy (non-hydrogen) atoms. The second-order valence-corrected chi connectivity index (χ2v) is 7.88. The van der Waals surface area contributed by atoms with E-state index in [4.69, 9.17) is 18.9 Å². The van der Waals surface area contributed by atoms with Crippen molar-refractivity contribution in [3.8, 4) is 39.6 Å². The maximum Gasteiger partial charge on any atom is 0.264 e. The zero-order valence-corrected chi connectivity index (χ0v) is 19.9. The van der Waals surface area contributed by atoms with Gasteiger partial charge in [-0.2, -0.15) is 5.26 Å². The van der Waals surface area contributed by atoms with Gasteiger partial charge in [0.1, 0.15) is 21.7 Å². The van der Waals surface area contributed by atoms with Crippen LogP contribution < -0.4 is 24.3 Å². The Kier molecular flexibility index (Phi) is 7.74. The first-order valence-corrected chi connectivity index (χ1v) is 11.0. The van der Waals surface area contributed by atoms with Gasteiger partial charge in [0.15, 0.2) is 11.5 Å². The highest BCUT2D eigenvalue weighted by molar-refractivity contribution is 7.17. The van der Waals surface area contributed by atoms with Gasteiger partial charge in [-0.05, 0) is 55.8 Å². The molecule has 0 spiro atoms. The van der Waals surface area contributed by atoms with Crippen LogP contribution in [-0.4, -0.2) is 38.8 Å². The Bertz CT molecular complexity index is 1140. The molecule has 1 unspecified atom stereocenters. The number of nitrogens with zero attached hydrogens (tertiary/aromatic N) is 2. The SMILES string of the molecule is CCOc1ccc(-c2nc(C)c(C(=O)NC(C#N)c3cc(OC)c(OC)c(OC)c3)s2)cc1. The van der Waals surface area contributed by atoms with Crippen LogP contribution in [0.15, 0.2) is 36.4 Å². The van der Waals surface area contributed by atoms with Crippen molar-refractivity contribution in [2.24, 2.45) is 0 Å². The number of nitriles is 1. The van der Waals surface area contributed by atoms with Gasteiger partial charge in [-0.15, -0.1) is 11.3 Å². The number of rotatable bonds is 9. The molecule has 0 bridgehead atoms. The molecule has 9 heteroatoms. The minimum absolute atomic E-state index is 0.387. The number of ether oxygens (including phenoxy) is 4. The summed E-state index contributed by atoms with van der Waals surface area (Å²) in [7, 11) is 4.48. The first-order chi connectivity index (χ1) is 15.9. The molecule has 172 valence electrons. The van der Waals surface area contributed by atoms with Crippen LogP contribution >= 0.6 is 11.3 Å². The summed E-state index contributed by atoms with van der Waals surface area (Å²) in [6.45, 7) is 4.28. The molecule has 3 aromatic rings. The fourth-order valence-electron chi connectivity index (χ4n) is 3.25. The quantitative estimate of drug-likeness (QED) is 0.493. The third kappa shape index (κ3) is 5.18. The van der Waals surface area contributed by atoms with Gasteiger partial charge in [-0.3, -0.25) is 4.79 Å². The molecule has 8 nitrogen and oxygen atoms in total. The predicted molar refractivity (Wildman–Crippen MR) is 125 cm³/mol. The van der Waals surface area contributed by atoms with E-state index in [9.17, 15) is 10.1 Å². The van der Waals surface area contributed by atoms with Gasteiger partial charge in [0.05, 0.1) is 39.7 Å². The first-order valence-electron chi connectivity index (χ1n) is 10.2. The minimum Gasteiger partial charge on any atom is -0.494 e. The van der Waals surface area contributed by atoms with E-state index in [2.05, 4.69) is 16.4 Å². The highest BCUT2D eigenvalue weighted by Gasteiger charge is 2.23. The fraction of sp³-hybridized carbons (Fsp3) is 0.292. The first kappa shape index (κ1) is 23.9. The van der Waals surface area contributed by atoms with E-state index in [1.807, 2.05) is 31.2 Å². The summed E-state index contributed by atoms with van der Waals surface area (Å²) < 4.78 is 21.5. The van der Waals surface area contributed by atoms with Gasteiger partial charge in [0.25, 0.3) is 5.91 Å². The number of nitrogens with one attached hydrogen (secondary N) is 1. The molecule has 1 N–H and O–H groups in total. The minimum atomic E-state index is -0.929. The van der Waals surface area contributed by atoms with Crippen molar-refractivity contribution >= 4 is 17.2 Å². The van der Waals surface area contributed by atoms with Crippen molar-refractivity contribution in [2.75, 3.05) is 27.9 Å². The van der Waals surface area contributed by atoms with Crippen molar-refractivity contribution in [1.29, 1.82) is 5.26 Å². The molecule has 0 fully saturated rings. The van der Waals surface area contributed by atoms with Crippen LogP contribution in [0.25, 0.3) is 10.6 Å². The van der Waals surface area contributed by atoms with Gasteiger partial charge in [0.2, 0.25) is 5.75 Å². The molecule has 1 heterocycles. The average molecular weight is 468 g/mol. The zero-order valence-electron chi connectivity index (χ0n) is 19.1. The third-order valence-corrected chi connectivity index (χ3v) is 6.05. The lowest BCUT2D eigenvalue weighted by molar-refractivity contribution is 0.0948. The van der Waals surface area contributed by atoms with Crippen LogP contribution in [0.5, 0.6) is 23.0 Å². The van der Waals surface area contributed by atoms with Gasteiger partial charge < -0.3 is 24.3 Å². The Morgan fingerprint density at radius 2 is 1.76 bits per heavy atom. The van der Waals surface area contributed by atoms with Gasteiger partial charge in [-0.25, -0.2) is 4.98 Å². The number of hydrogen-bond donors (Lipinski definition) is 1. The maximum atomic E-state index is 13.0. The molecule has 0 aliphatic heterocycles. The lowest BCUT2D eigenvalue weighted by Gasteiger charge is -2.17. The van der Waals surface area contributed by atoms with Crippen molar-refractivity contribution in [3.63, 3.8) is 0 Å². The number of aromatic nitrogens is 1. The summed E-state index contributed by atoms with van der Waals surface area (Å²) in [4.78, 5) is 18.0. The molecule has 0 radical (unpaired) electrons. The Hall–Kier alpha value is -3.77. The number of carbonyl (C=O) groups is 1. The molecular formula is C24H25N3O5S. The largest absolute Gasteiger partial charge is 0.494 e. The van der Waals surface area contributed by atoms with Crippen molar-refractivity contribution in [1.82, 2.24) is 10.3 Å². The van der Waals surface area contributed by atoms with E-state index in [1.165, 1.54) is 32.7 Å². The molecule has 1 aromatic heterocycles. The van der Waals surface area contributed by atoms with Crippen LogP contribution in [-0.2, 0) is 0 Å². The number of benzene rings is 2. The molecule has 1 atom stereocenters. The summed E-state index contributed by atoms with van der Waals surface area (Å²) in [5, 5.41) is 13.2. The fourth-order valence-corrected chi connectivity index (χ4v) is 4.22. The molecule has 3 rings (SSSR count). The number of amides is 1. The second kappa shape index (κ2) is 10.7. The maximum absolute atomic E-state index is 13.0. The number of aryl methyl sites for hydroxylation is 1. The normalized spacial score (nSPS) is 11.3. The third-order valence-electron chi connectivity index (χ3n) is 4.84. The van der Waals surface area contributed by atoms with E-state index < -0.39 is 6.04 Å². The average Bonchev–Trinajstić information content (AvgIpc) is 3.23. The lowest BCUT2D eigenvalue weighted by Crippen LogP contribution is -2.27. The van der Waals surface area contributed by atoms with Gasteiger partial charge in [0, 0.05) is 5.56 Å². The van der Waals surface area contributed by atoms with E-state index in [0.29, 0.717) is 45.0 Å². The molecule has 0 saturated heterocycles. The summed E-state index contributed by atoms with van der Waals surface area (Å²) >= 11 is 1.27. The van der Waals surface area contributed by atoms with Gasteiger partial charge in [-0.1, -0.05) is 0 Å². The van der Waals surface area contributed by atoms with Crippen molar-refractivity contribution in [2.45, 2.75) is 19.9 Å². The molecule has 0 aliphatic carbocycles. The van der Waals surface area contributed by atoms with E-state index in [-0.39, 0.29) is 5.91 Å². The number of carbonyl (C=O) groups excluding carboxylic acids is 1.